The number of benzene rings is 1. The van der Waals surface area contributed by atoms with Gasteiger partial charge in [-0.15, -0.1) is 0 Å². The summed E-state index contributed by atoms with van der Waals surface area (Å²) in [6.45, 7) is 3.62. The van der Waals surface area contributed by atoms with Gasteiger partial charge in [-0.2, -0.15) is 5.10 Å². The van der Waals surface area contributed by atoms with Crippen molar-refractivity contribution in [3.8, 4) is 0 Å². The number of halogens is 2. The molecule has 3 heterocycles. The zero-order valence-electron chi connectivity index (χ0n) is 16.4. The molecule has 1 aliphatic rings. The van der Waals surface area contributed by atoms with Crippen LogP contribution in [0, 0.1) is 5.92 Å². The van der Waals surface area contributed by atoms with E-state index < -0.39 is 0 Å². The summed E-state index contributed by atoms with van der Waals surface area (Å²) in [6.07, 6.45) is 5.50. The third-order valence-corrected chi connectivity index (χ3v) is 6.40. The molecule has 0 amide bonds. The van der Waals surface area contributed by atoms with E-state index in [1.165, 1.54) is 5.56 Å². The van der Waals surface area contributed by atoms with E-state index in [1.807, 2.05) is 25.2 Å². The summed E-state index contributed by atoms with van der Waals surface area (Å²) in [7, 11) is 1.87. The molecule has 154 valence electrons. The first-order valence-corrected chi connectivity index (χ1v) is 10.6. The third-order valence-electron chi connectivity index (χ3n) is 5.66. The number of piperidine rings is 1. The Morgan fingerprint density at radius 2 is 2.00 bits per heavy atom. The van der Waals surface area contributed by atoms with Gasteiger partial charge in [0.15, 0.2) is 5.65 Å². The van der Waals surface area contributed by atoms with Crippen LogP contribution in [-0.2, 0) is 13.6 Å². The predicted molar refractivity (Wildman–Crippen MR) is 117 cm³/mol. The normalized spacial score (nSPS) is 17.0. The Balaban J connectivity index is 1.28. The number of hydrogen-bond acceptors (Lipinski definition) is 6. The fourth-order valence-electron chi connectivity index (χ4n) is 3.92. The number of nitrogens with one attached hydrogen (secondary N) is 1. The van der Waals surface area contributed by atoms with Gasteiger partial charge in [0.2, 0.25) is 0 Å². The van der Waals surface area contributed by atoms with Gasteiger partial charge in [0.05, 0.1) is 21.6 Å². The molecule has 4 rings (SSSR count). The molecule has 3 aromatic rings. The Kier molecular flexibility index (Phi) is 6.20. The van der Waals surface area contributed by atoms with Gasteiger partial charge in [0.25, 0.3) is 0 Å². The van der Waals surface area contributed by atoms with Crippen LogP contribution in [0.4, 0.5) is 5.82 Å². The number of nitrogens with zero attached hydrogens (tertiary/aromatic N) is 5. The molecule has 0 spiro atoms. The maximum Gasteiger partial charge on any atom is 0.163 e. The highest BCUT2D eigenvalue weighted by atomic mass is 35.5. The maximum atomic E-state index is 6.50. The van der Waals surface area contributed by atoms with E-state index in [1.54, 1.807) is 17.2 Å². The number of nitrogens with two attached hydrogens (primary N) is 1. The molecule has 1 atom stereocenters. The summed E-state index contributed by atoms with van der Waals surface area (Å²) >= 11 is 12.1. The van der Waals surface area contributed by atoms with E-state index in [0.717, 1.165) is 49.3 Å². The minimum Gasteiger partial charge on any atom is -0.368 e. The Bertz CT molecular complexity index is 982. The number of aryl methyl sites for hydroxylation is 1. The average Bonchev–Trinajstić information content (AvgIpc) is 3.11. The smallest absolute Gasteiger partial charge is 0.163 e. The fourth-order valence-corrected chi connectivity index (χ4v) is 4.24. The van der Waals surface area contributed by atoms with E-state index in [0.29, 0.717) is 22.5 Å². The lowest BCUT2D eigenvalue weighted by molar-refractivity contribution is 0.164. The van der Waals surface area contributed by atoms with Gasteiger partial charge in [-0.05, 0) is 49.5 Å². The van der Waals surface area contributed by atoms with Crippen LogP contribution < -0.4 is 11.1 Å². The number of likely N-dealkylation sites (tertiary alicyclic amines) is 1. The summed E-state index contributed by atoms with van der Waals surface area (Å²) in [6, 6.07) is 5.92. The van der Waals surface area contributed by atoms with Gasteiger partial charge in [0, 0.05) is 26.2 Å². The van der Waals surface area contributed by atoms with Crippen LogP contribution in [0.3, 0.4) is 0 Å². The van der Waals surface area contributed by atoms with Gasteiger partial charge in [-0.25, -0.2) is 9.97 Å². The molecule has 7 nitrogen and oxygen atoms in total. The first kappa shape index (κ1) is 20.3. The molecule has 0 bridgehead atoms. The van der Waals surface area contributed by atoms with E-state index in [4.69, 9.17) is 28.9 Å². The Labute approximate surface area is 180 Å². The van der Waals surface area contributed by atoms with Crippen LogP contribution >= 0.6 is 23.2 Å². The van der Waals surface area contributed by atoms with Crippen molar-refractivity contribution >= 4 is 40.1 Å². The first-order valence-electron chi connectivity index (χ1n) is 9.79. The van der Waals surface area contributed by atoms with Crippen molar-refractivity contribution in [2.75, 3.05) is 25.0 Å². The van der Waals surface area contributed by atoms with E-state index in [9.17, 15) is 0 Å². The minimum absolute atomic E-state index is 0.0730. The summed E-state index contributed by atoms with van der Waals surface area (Å²) in [5.41, 5.74) is 8.50. The lowest BCUT2D eigenvalue weighted by Gasteiger charge is -2.35. The second-order valence-electron chi connectivity index (χ2n) is 7.63. The van der Waals surface area contributed by atoms with Crippen LogP contribution in [-0.4, -0.2) is 50.3 Å². The van der Waals surface area contributed by atoms with Crippen LogP contribution in [0.15, 0.2) is 30.7 Å². The maximum absolute atomic E-state index is 6.50. The predicted octanol–water partition coefficient (Wildman–Crippen LogP) is 3.32. The van der Waals surface area contributed by atoms with Crippen molar-refractivity contribution in [1.29, 1.82) is 0 Å². The van der Waals surface area contributed by atoms with Crippen LogP contribution in [0.5, 0.6) is 0 Å². The van der Waals surface area contributed by atoms with Crippen LogP contribution in [0.2, 0.25) is 10.0 Å². The SMILES string of the molecule is Cn1ncc2c(NCC(N)C3CCN(Cc4ccc(Cl)c(Cl)c4)CC3)ncnc21. The average molecular weight is 434 g/mol. The first-order chi connectivity index (χ1) is 14.0. The highest BCUT2D eigenvalue weighted by Crippen LogP contribution is 2.26. The Morgan fingerprint density at radius 3 is 2.76 bits per heavy atom. The van der Waals surface area contributed by atoms with Crippen molar-refractivity contribution in [1.82, 2.24) is 24.6 Å². The third kappa shape index (κ3) is 4.64. The molecule has 0 saturated carbocycles. The fraction of sp³-hybridized carbons (Fsp3) is 0.450. The summed E-state index contributed by atoms with van der Waals surface area (Å²) in [5, 5.41) is 9.76. The van der Waals surface area contributed by atoms with Gasteiger partial charge in [0.1, 0.15) is 12.1 Å². The molecular weight excluding hydrogens is 409 g/mol. The molecule has 3 N–H and O–H groups in total. The number of aromatic nitrogens is 4. The standard InChI is InChI=1S/C20H25Cl2N7/c1-28-20-15(9-27-28)19(25-12-26-20)24-10-18(23)14-4-6-29(7-5-14)11-13-2-3-16(21)17(22)8-13/h2-3,8-9,12,14,18H,4-7,10-11,23H2,1H3,(H,24,25,26). The molecule has 0 radical (unpaired) electrons. The van der Waals surface area contributed by atoms with Crippen molar-refractivity contribution in [2.24, 2.45) is 18.7 Å². The molecule has 9 heteroatoms. The Morgan fingerprint density at radius 1 is 1.21 bits per heavy atom. The van der Waals surface area contributed by atoms with Gasteiger partial charge in [-0.1, -0.05) is 29.3 Å². The van der Waals surface area contributed by atoms with Crippen LogP contribution in [0.25, 0.3) is 11.0 Å². The highest BCUT2D eigenvalue weighted by Gasteiger charge is 2.24. The van der Waals surface area contributed by atoms with Crippen molar-refractivity contribution < 1.29 is 0 Å². The summed E-state index contributed by atoms with van der Waals surface area (Å²) < 4.78 is 1.74. The quantitative estimate of drug-likeness (QED) is 0.619. The van der Waals surface area contributed by atoms with Gasteiger partial charge in [-0.3, -0.25) is 9.58 Å². The monoisotopic (exact) mass is 433 g/mol. The largest absolute Gasteiger partial charge is 0.368 e. The Hall–Kier alpha value is -1.93. The second-order valence-corrected chi connectivity index (χ2v) is 8.45. The molecule has 1 fully saturated rings. The van der Waals surface area contributed by atoms with E-state index >= 15 is 0 Å². The lowest BCUT2D eigenvalue weighted by atomic mass is 9.89. The van der Waals surface area contributed by atoms with E-state index in [2.05, 4.69) is 25.3 Å². The molecule has 2 aromatic heterocycles. The molecule has 1 saturated heterocycles. The van der Waals surface area contributed by atoms with Crippen molar-refractivity contribution in [2.45, 2.75) is 25.4 Å². The molecular formula is C20H25Cl2N7. The number of fused-ring (bicyclic) bond motifs is 1. The molecule has 1 aromatic carbocycles. The zero-order valence-corrected chi connectivity index (χ0v) is 17.9. The van der Waals surface area contributed by atoms with Crippen molar-refractivity contribution in [3.63, 3.8) is 0 Å². The molecule has 1 unspecified atom stereocenters. The molecule has 1 aliphatic heterocycles. The van der Waals surface area contributed by atoms with Crippen molar-refractivity contribution in [3.05, 3.63) is 46.3 Å². The summed E-state index contributed by atoms with van der Waals surface area (Å²) in [4.78, 5) is 11.1. The van der Waals surface area contributed by atoms with Gasteiger partial charge >= 0.3 is 0 Å². The number of anilines is 1. The number of hydrogen-bond donors (Lipinski definition) is 2. The summed E-state index contributed by atoms with van der Waals surface area (Å²) in [5.74, 6) is 1.27. The van der Waals surface area contributed by atoms with Gasteiger partial charge < -0.3 is 11.1 Å². The highest BCUT2D eigenvalue weighted by molar-refractivity contribution is 6.42. The lowest BCUT2D eigenvalue weighted by Crippen LogP contribution is -2.43. The second kappa shape index (κ2) is 8.83. The van der Waals surface area contributed by atoms with E-state index in [-0.39, 0.29) is 6.04 Å². The zero-order chi connectivity index (χ0) is 20.4. The molecule has 0 aliphatic carbocycles. The number of rotatable bonds is 6. The topological polar surface area (TPSA) is 84.9 Å². The molecule has 29 heavy (non-hydrogen) atoms. The van der Waals surface area contributed by atoms with Crippen LogP contribution in [0.1, 0.15) is 18.4 Å². The minimum atomic E-state index is 0.0730.